The first-order valence-electron chi connectivity index (χ1n) is 11.9. The van der Waals surface area contributed by atoms with Gasteiger partial charge in [-0.3, -0.25) is 4.79 Å². The van der Waals surface area contributed by atoms with E-state index in [-0.39, 0.29) is 24.3 Å². The quantitative estimate of drug-likeness (QED) is 0.514. The number of piperazine rings is 1. The van der Waals surface area contributed by atoms with Gasteiger partial charge < -0.3 is 14.5 Å². The molecule has 0 aliphatic carbocycles. The lowest BCUT2D eigenvalue weighted by Crippen LogP contribution is -2.49. The number of carbonyl (C=O) groups excluding carboxylic acids is 2. The number of nitrogens with zero attached hydrogens (tertiary/aromatic N) is 5. The van der Waals surface area contributed by atoms with Gasteiger partial charge in [0.15, 0.2) is 5.65 Å². The Bertz CT molecular complexity index is 1430. The van der Waals surface area contributed by atoms with Crippen molar-refractivity contribution in [3.63, 3.8) is 0 Å². The molecule has 2 aromatic heterocycles. The van der Waals surface area contributed by atoms with Crippen LogP contribution in [0.1, 0.15) is 42.9 Å². The molecule has 1 saturated heterocycles. The zero-order valence-electron chi connectivity index (χ0n) is 21.1. The fourth-order valence-electron chi connectivity index (χ4n) is 4.22. The summed E-state index contributed by atoms with van der Waals surface area (Å²) >= 11 is 0. The van der Waals surface area contributed by atoms with Crippen molar-refractivity contribution in [1.82, 2.24) is 24.4 Å². The minimum absolute atomic E-state index is 0.0266. The van der Waals surface area contributed by atoms with Crippen molar-refractivity contribution in [1.29, 1.82) is 0 Å². The summed E-state index contributed by atoms with van der Waals surface area (Å²) in [5.74, 6) is -1.32. The summed E-state index contributed by atoms with van der Waals surface area (Å²) in [5, 5.41) is 5.45. The normalized spacial score (nSPS) is 14.3. The van der Waals surface area contributed by atoms with Crippen LogP contribution in [0.2, 0.25) is 0 Å². The van der Waals surface area contributed by atoms with Gasteiger partial charge in [0.1, 0.15) is 11.5 Å². The van der Waals surface area contributed by atoms with Gasteiger partial charge in [-0.15, -0.1) is 0 Å². The van der Waals surface area contributed by atoms with E-state index in [1.165, 1.54) is 16.8 Å². The highest BCUT2D eigenvalue weighted by Crippen LogP contribution is 2.35. The number of fused-ring (bicyclic) bond motifs is 1. The molecule has 0 unspecified atom stereocenters. The minimum Gasteiger partial charge on any atom is -0.450 e. The SMILES string of the molecule is CCOC(=O)N1CCN(c2cc(C(=O)NS(C)(=O)=O)nc3c2c(C(C)C)nn3-c2ccc(F)cc2)CC1. The highest BCUT2D eigenvalue weighted by molar-refractivity contribution is 7.89. The predicted molar refractivity (Wildman–Crippen MR) is 136 cm³/mol. The van der Waals surface area contributed by atoms with Gasteiger partial charge in [0.25, 0.3) is 5.91 Å². The van der Waals surface area contributed by atoms with Crippen molar-refractivity contribution in [2.75, 3.05) is 43.9 Å². The van der Waals surface area contributed by atoms with Crippen LogP contribution in [0.4, 0.5) is 14.9 Å². The summed E-state index contributed by atoms with van der Waals surface area (Å²) in [7, 11) is -3.84. The van der Waals surface area contributed by atoms with Crippen LogP contribution in [0.25, 0.3) is 16.7 Å². The second kappa shape index (κ2) is 10.3. The average molecular weight is 533 g/mol. The maximum atomic E-state index is 13.6. The molecule has 0 spiro atoms. The van der Waals surface area contributed by atoms with Crippen LogP contribution < -0.4 is 9.62 Å². The molecule has 13 heteroatoms. The molecule has 0 bridgehead atoms. The molecule has 3 heterocycles. The molecule has 4 rings (SSSR count). The molecule has 1 aromatic carbocycles. The number of aromatic nitrogens is 3. The number of pyridine rings is 1. The zero-order valence-corrected chi connectivity index (χ0v) is 21.9. The lowest BCUT2D eigenvalue weighted by Gasteiger charge is -2.36. The van der Waals surface area contributed by atoms with E-state index in [9.17, 15) is 22.4 Å². The second-order valence-electron chi connectivity index (χ2n) is 9.03. The molecule has 1 aliphatic heterocycles. The number of ether oxygens (including phenoxy) is 1. The fourth-order valence-corrected chi connectivity index (χ4v) is 4.66. The second-order valence-corrected chi connectivity index (χ2v) is 10.8. The van der Waals surface area contributed by atoms with Gasteiger partial charge in [-0.05, 0) is 43.2 Å². The number of sulfonamides is 1. The Morgan fingerprint density at radius 1 is 1.14 bits per heavy atom. The number of hydrogen-bond acceptors (Lipinski definition) is 8. The van der Waals surface area contributed by atoms with Gasteiger partial charge in [0.05, 0.1) is 35.3 Å². The van der Waals surface area contributed by atoms with E-state index >= 15 is 0 Å². The molecule has 37 heavy (non-hydrogen) atoms. The molecule has 11 nitrogen and oxygen atoms in total. The largest absolute Gasteiger partial charge is 0.450 e. The lowest BCUT2D eigenvalue weighted by atomic mass is 10.0. The Morgan fingerprint density at radius 2 is 1.78 bits per heavy atom. The lowest BCUT2D eigenvalue weighted by molar-refractivity contribution is 0.0976. The molecule has 1 aliphatic rings. The predicted octanol–water partition coefficient (Wildman–Crippen LogP) is 2.65. The van der Waals surface area contributed by atoms with Crippen molar-refractivity contribution < 1.29 is 27.1 Å². The molecule has 0 saturated carbocycles. The Kier molecular flexibility index (Phi) is 7.35. The first-order valence-corrected chi connectivity index (χ1v) is 13.8. The number of halogens is 1. The number of hydrogen-bond donors (Lipinski definition) is 1. The average Bonchev–Trinajstić information content (AvgIpc) is 3.23. The molecule has 1 fully saturated rings. The fraction of sp³-hybridized carbons (Fsp3) is 0.417. The van der Waals surface area contributed by atoms with E-state index in [1.807, 2.05) is 23.5 Å². The van der Waals surface area contributed by atoms with Crippen molar-refractivity contribution in [2.24, 2.45) is 0 Å². The summed E-state index contributed by atoms with van der Waals surface area (Å²) in [4.78, 5) is 33.2. The molecule has 0 atom stereocenters. The van der Waals surface area contributed by atoms with E-state index in [4.69, 9.17) is 9.84 Å². The molecule has 0 radical (unpaired) electrons. The number of carbonyl (C=O) groups is 2. The van der Waals surface area contributed by atoms with Crippen molar-refractivity contribution in [3.05, 3.63) is 47.5 Å². The first kappa shape index (κ1) is 26.3. The summed E-state index contributed by atoms with van der Waals surface area (Å²) in [6, 6.07) is 7.25. The third-order valence-electron chi connectivity index (χ3n) is 5.92. The van der Waals surface area contributed by atoms with Crippen molar-refractivity contribution in [2.45, 2.75) is 26.7 Å². The first-order chi connectivity index (χ1) is 17.5. The van der Waals surface area contributed by atoms with Gasteiger partial charge in [-0.1, -0.05) is 13.8 Å². The summed E-state index contributed by atoms with van der Waals surface area (Å²) in [5.41, 5.74) is 2.11. The summed E-state index contributed by atoms with van der Waals surface area (Å²) in [6.07, 6.45) is 0.501. The molecule has 2 amide bonds. The highest BCUT2D eigenvalue weighted by Gasteiger charge is 2.28. The zero-order chi connectivity index (χ0) is 26.9. The van der Waals surface area contributed by atoms with Gasteiger partial charge in [-0.25, -0.2) is 32.0 Å². The number of rotatable bonds is 6. The van der Waals surface area contributed by atoms with Crippen molar-refractivity contribution in [3.8, 4) is 5.69 Å². The van der Waals surface area contributed by atoms with Crippen LogP contribution in [0, 0.1) is 5.82 Å². The Hall–Kier alpha value is -3.74. The molecular formula is C24H29FN6O5S. The van der Waals surface area contributed by atoms with Crippen LogP contribution in [0.3, 0.4) is 0 Å². The molecule has 3 aromatic rings. The highest BCUT2D eigenvalue weighted by atomic mass is 32.2. The topological polar surface area (TPSA) is 127 Å². The molecule has 1 N–H and O–H groups in total. The third-order valence-corrected chi connectivity index (χ3v) is 6.48. The Labute approximate surface area is 214 Å². The molecular weight excluding hydrogens is 503 g/mol. The third kappa shape index (κ3) is 5.66. The van der Waals surface area contributed by atoms with E-state index in [0.29, 0.717) is 54.3 Å². The van der Waals surface area contributed by atoms with Crippen LogP contribution >= 0.6 is 0 Å². The van der Waals surface area contributed by atoms with Crippen LogP contribution in [0.5, 0.6) is 0 Å². The van der Waals surface area contributed by atoms with Gasteiger partial charge >= 0.3 is 6.09 Å². The molecule has 198 valence electrons. The van der Waals surface area contributed by atoms with E-state index in [2.05, 4.69) is 4.98 Å². The van der Waals surface area contributed by atoms with Crippen LogP contribution in [-0.2, 0) is 14.8 Å². The summed E-state index contributed by atoms with van der Waals surface area (Å²) < 4.78 is 45.7. The van der Waals surface area contributed by atoms with Gasteiger partial charge in [0, 0.05) is 26.2 Å². The Balaban J connectivity index is 1.87. The number of benzene rings is 1. The maximum Gasteiger partial charge on any atom is 0.409 e. The minimum atomic E-state index is -3.84. The standard InChI is InChI=1S/C24H29FN6O5S/c1-5-36-24(33)30-12-10-29(11-13-30)19-14-18(23(32)28-37(4,34)35)26-22-20(19)21(15(2)3)27-31(22)17-8-6-16(25)7-9-17/h6-9,14-15H,5,10-13H2,1-4H3,(H,28,32). The monoisotopic (exact) mass is 532 g/mol. The maximum absolute atomic E-state index is 13.6. The van der Waals surface area contributed by atoms with Gasteiger partial charge in [-0.2, -0.15) is 5.10 Å². The van der Waals surface area contributed by atoms with E-state index < -0.39 is 21.7 Å². The number of anilines is 1. The number of amides is 2. The van der Waals surface area contributed by atoms with Crippen LogP contribution in [0.15, 0.2) is 30.3 Å². The van der Waals surface area contributed by atoms with E-state index in [1.54, 1.807) is 30.0 Å². The Morgan fingerprint density at radius 3 is 2.35 bits per heavy atom. The number of nitrogens with one attached hydrogen (secondary N) is 1. The van der Waals surface area contributed by atoms with Crippen LogP contribution in [-0.4, -0.2) is 79.1 Å². The van der Waals surface area contributed by atoms with Gasteiger partial charge in [0.2, 0.25) is 10.0 Å². The smallest absolute Gasteiger partial charge is 0.409 e. The summed E-state index contributed by atoms with van der Waals surface area (Å²) in [6.45, 7) is 7.68. The van der Waals surface area contributed by atoms with Crippen molar-refractivity contribution >= 4 is 38.7 Å². The van der Waals surface area contributed by atoms with E-state index in [0.717, 1.165) is 6.26 Å².